The lowest BCUT2D eigenvalue weighted by Gasteiger charge is -2.03. The minimum Gasteiger partial charge on any atom is -0.478 e. The molecular formula is C13H15N3O2S. The summed E-state index contributed by atoms with van der Waals surface area (Å²) in [7, 11) is 0. The molecule has 0 aliphatic heterocycles. The summed E-state index contributed by atoms with van der Waals surface area (Å²) in [6, 6.07) is 6.86. The van der Waals surface area contributed by atoms with Gasteiger partial charge in [0.1, 0.15) is 5.82 Å². The van der Waals surface area contributed by atoms with E-state index in [-0.39, 0.29) is 0 Å². The summed E-state index contributed by atoms with van der Waals surface area (Å²) in [4.78, 5) is 15.2. The van der Waals surface area contributed by atoms with Crippen LogP contribution in [0.15, 0.2) is 24.3 Å². The van der Waals surface area contributed by atoms with Crippen molar-refractivity contribution < 1.29 is 9.90 Å². The summed E-state index contributed by atoms with van der Waals surface area (Å²) in [5.74, 6) is -0.0581. The zero-order valence-corrected chi connectivity index (χ0v) is 11.4. The van der Waals surface area contributed by atoms with E-state index >= 15 is 0 Å². The summed E-state index contributed by atoms with van der Waals surface area (Å²) in [6.45, 7) is 2.63. The molecule has 0 saturated heterocycles. The second-order valence-electron chi connectivity index (χ2n) is 4.12. The number of rotatable bonds is 6. The number of carbonyl (C=O) groups is 1. The molecule has 0 unspecified atom stereocenters. The number of hydrogen-bond donors (Lipinski definition) is 2. The van der Waals surface area contributed by atoms with Gasteiger partial charge >= 0.3 is 5.97 Å². The van der Waals surface area contributed by atoms with Gasteiger partial charge in [-0.3, -0.25) is 0 Å². The Hall–Kier alpha value is -1.95. The molecule has 0 amide bonds. The number of hydrogen-bond acceptors (Lipinski definition) is 5. The minimum absolute atomic E-state index is 0.295. The van der Waals surface area contributed by atoms with E-state index in [0.29, 0.717) is 12.1 Å². The number of aromatic nitrogens is 2. The number of aryl methyl sites for hydroxylation is 1. The summed E-state index contributed by atoms with van der Waals surface area (Å²) in [6.07, 6.45) is 1.91. The third-order valence-electron chi connectivity index (χ3n) is 2.56. The van der Waals surface area contributed by atoms with E-state index < -0.39 is 5.97 Å². The van der Waals surface area contributed by atoms with Crippen LogP contribution in [0.3, 0.4) is 0 Å². The highest BCUT2D eigenvalue weighted by Gasteiger charge is 2.05. The molecule has 0 atom stereocenters. The van der Waals surface area contributed by atoms with E-state index in [1.165, 1.54) is 11.5 Å². The normalized spacial score (nSPS) is 10.4. The SMILES string of the molecule is CCCc1nsc(NCc2cccc(C(=O)O)c2)n1. The van der Waals surface area contributed by atoms with Crippen molar-refractivity contribution in [3.63, 3.8) is 0 Å². The fourth-order valence-corrected chi connectivity index (χ4v) is 2.25. The fourth-order valence-electron chi connectivity index (χ4n) is 1.64. The third-order valence-corrected chi connectivity index (χ3v) is 3.27. The third kappa shape index (κ3) is 3.75. The standard InChI is InChI=1S/C13H15N3O2S/c1-2-4-11-15-13(19-16-11)14-8-9-5-3-6-10(7-9)12(17)18/h3,5-7H,2,4,8H2,1H3,(H,17,18)(H,14,15,16). The maximum Gasteiger partial charge on any atom is 0.335 e. The Morgan fingerprint density at radius 2 is 2.32 bits per heavy atom. The molecule has 2 aromatic rings. The van der Waals surface area contributed by atoms with Crippen molar-refractivity contribution in [2.75, 3.05) is 5.32 Å². The quantitative estimate of drug-likeness (QED) is 0.849. The van der Waals surface area contributed by atoms with Crippen LogP contribution in [0, 0.1) is 0 Å². The smallest absolute Gasteiger partial charge is 0.335 e. The van der Waals surface area contributed by atoms with Gasteiger partial charge in [0, 0.05) is 24.5 Å². The van der Waals surface area contributed by atoms with Crippen LogP contribution in [-0.2, 0) is 13.0 Å². The van der Waals surface area contributed by atoms with E-state index in [1.54, 1.807) is 18.2 Å². The molecule has 19 heavy (non-hydrogen) atoms. The number of carboxylic acid groups (broad SMARTS) is 1. The predicted octanol–water partition coefficient (Wildman–Crippen LogP) is 2.80. The van der Waals surface area contributed by atoms with Gasteiger partial charge in [-0.25, -0.2) is 9.78 Å². The van der Waals surface area contributed by atoms with Crippen molar-refractivity contribution in [2.24, 2.45) is 0 Å². The summed E-state index contributed by atoms with van der Waals surface area (Å²) < 4.78 is 4.24. The highest BCUT2D eigenvalue weighted by atomic mass is 32.1. The zero-order chi connectivity index (χ0) is 13.7. The maximum absolute atomic E-state index is 10.9. The molecule has 100 valence electrons. The van der Waals surface area contributed by atoms with Crippen LogP contribution in [0.25, 0.3) is 0 Å². The number of nitrogens with one attached hydrogen (secondary N) is 1. The van der Waals surface area contributed by atoms with Crippen LogP contribution in [0.5, 0.6) is 0 Å². The molecule has 0 fully saturated rings. The summed E-state index contributed by atoms with van der Waals surface area (Å²) >= 11 is 1.33. The van der Waals surface area contributed by atoms with Crippen LogP contribution in [0.2, 0.25) is 0 Å². The number of benzene rings is 1. The Kier molecular flexibility index (Phi) is 4.46. The van der Waals surface area contributed by atoms with Gasteiger partial charge in [0.15, 0.2) is 0 Å². The van der Waals surface area contributed by atoms with E-state index in [9.17, 15) is 4.79 Å². The number of carboxylic acids is 1. The Balaban J connectivity index is 1.97. The van der Waals surface area contributed by atoms with Crippen LogP contribution in [0.4, 0.5) is 5.13 Å². The van der Waals surface area contributed by atoms with Gasteiger partial charge in [-0.05, 0) is 24.1 Å². The van der Waals surface area contributed by atoms with Crippen LogP contribution >= 0.6 is 11.5 Å². The first-order chi connectivity index (χ1) is 9.19. The first kappa shape index (κ1) is 13.5. The van der Waals surface area contributed by atoms with Gasteiger partial charge in [-0.15, -0.1) is 0 Å². The van der Waals surface area contributed by atoms with Gasteiger partial charge < -0.3 is 10.4 Å². The van der Waals surface area contributed by atoms with E-state index in [2.05, 4.69) is 21.6 Å². The van der Waals surface area contributed by atoms with E-state index in [0.717, 1.165) is 29.4 Å². The highest BCUT2D eigenvalue weighted by Crippen LogP contribution is 2.14. The van der Waals surface area contributed by atoms with Gasteiger partial charge in [0.05, 0.1) is 5.56 Å². The Morgan fingerprint density at radius 1 is 1.47 bits per heavy atom. The van der Waals surface area contributed by atoms with Crippen molar-refractivity contribution in [1.29, 1.82) is 0 Å². The first-order valence-corrected chi connectivity index (χ1v) is 6.85. The van der Waals surface area contributed by atoms with Crippen LogP contribution in [0.1, 0.15) is 35.1 Å². The predicted molar refractivity (Wildman–Crippen MR) is 74.6 cm³/mol. The van der Waals surface area contributed by atoms with E-state index in [1.807, 2.05) is 6.07 Å². The molecule has 0 aliphatic rings. The van der Waals surface area contributed by atoms with Crippen molar-refractivity contribution >= 4 is 22.6 Å². The van der Waals surface area contributed by atoms with Gasteiger partial charge in [-0.2, -0.15) is 4.37 Å². The zero-order valence-electron chi connectivity index (χ0n) is 10.6. The monoisotopic (exact) mass is 277 g/mol. The van der Waals surface area contributed by atoms with Crippen molar-refractivity contribution in [1.82, 2.24) is 9.36 Å². The molecule has 0 saturated carbocycles. The molecule has 0 radical (unpaired) electrons. The van der Waals surface area contributed by atoms with Gasteiger partial charge in [0.2, 0.25) is 5.13 Å². The molecule has 1 aromatic heterocycles. The average molecular weight is 277 g/mol. The molecule has 5 nitrogen and oxygen atoms in total. The van der Waals surface area contributed by atoms with Gasteiger partial charge in [-0.1, -0.05) is 19.1 Å². The Bertz CT molecular complexity index is 569. The lowest BCUT2D eigenvalue weighted by molar-refractivity contribution is 0.0697. The number of nitrogens with zero attached hydrogens (tertiary/aromatic N) is 2. The molecule has 2 N–H and O–H groups in total. The van der Waals surface area contributed by atoms with Gasteiger partial charge in [0.25, 0.3) is 0 Å². The highest BCUT2D eigenvalue weighted by molar-refractivity contribution is 7.09. The lowest BCUT2D eigenvalue weighted by atomic mass is 10.1. The molecule has 0 spiro atoms. The number of aromatic carboxylic acids is 1. The molecule has 1 aromatic carbocycles. The van der Waals surface area contributed by atoms with Crippen molar-refractivity contribution in [3.05, 3.63) is 41.2 Å². The fraction of sp³-hybridized carbons (Fsp3) is 0.308. The topological polar surface area (TPSA) is 75.1 Å². The second kappa shape index (κ2) is 6.29. The molecule has 0 bridgehead atoms. The summed E-state index contributed by atoms with van der Waals surface area (Å²) in [5, 5.41) is 12.8. The largest absolute Gasteiger partial charge is 0.478 e. The first-order valence-electron chi connectivity index (χ1n) is 6.07. The van der Waals surface area contributed by atoms with Crippen molar-refractivity contribution in [3.8, 4) is 0 Å². The molecule has 1 heterocycles. The van der Waals surface area contributed by atoms with Crippen molar-refractivity contribution in [2.45, 2.75) is 26.3 Å². The number of anilines is 1. The molecule has 2 rings (SSSR count). The molecule has 6 heteroatoms. The van der Waals surface area contributed by atoms with Crippen LogP contribution < -0.4 is 5.32 Å². The second-order valence-corrected chi connectivity index (χ2v) is 4.88. The summed E-state index contributed by atoms with van der Waals surface area (Å²) in [5.41, 5.74) is 1.20. The lowest BCUT2D eigenvalue weighted by Crippen LogP contribution is -2.02. The molecule has 0 aliphatic carbocycles. The van der Waals surface area contributed by atoms with E-state index in [4.69, 9.17) is 5.11 Å². The maximum atomic E-state index is 10.9. The molecular weight excluding hydrogens is 262 g/mol. The van der Waals surface area contributed by atoms with Crippen LogP contribution in [-0.4, -0.2) is 20.4 Å². The minimum atomic E-state index is -0.914. The Morgan fingerprint density at radius 3 is 3.05 bits per heavy atom. The Labute approximate surface area is 115 Å². The average Bonchev–Trinajstić information content (AvgIpc) is 2.85.